The van der Waals surface area contributed by atoms with Gasteiger partial charge in [0.25, 0.3) is 0 Å². The molecule has 0 fully saturated rings. The molecule has 6 aromatic rings. The van der Waals surface area contributed by atoms with Gasteiger partial charge in [-0.05, 0) is 91.9 Å². The topological polar surface area (TPSA) is 114 Å². The van der Waals surface area contributed by atoms with E-state index >= 15 is 0 Å². The van der Waals surface area contributed by atoms with Gasteiger partial charge in [0, 0.05) is 11.6 Å². The molecule has 7 heteroatoms. The van der Waals surface area contributed by atoms with Gasteiger partial charge in [-0.25, -0.2) is 9.59 Å². The van der Waals surface area contributed by atoms with Gasteiger partial charge in [0.05, 0.1) is 33.3 Å². The third-order valence-electron chi connectivity index (χ3n) is 7.63. The van der Waals surface area contributed by atoms with Gasteiger partial charge in [0.2, 0.25) is 0 Å². The summed E-state index contributed by atoms with van der Waals surface area (Å²) < 4.78 is 11.4. The molecule has 0 aliphatic carbocycles. The number of rotatable bonds is 3. The Labute approximate surface area is 222 Å². The molecule has 0 aliphatic heterocycles. The number of pyridine rings is 1. The van der Waals surface area contributed by atoms with Crippen molar-refractivity contribution in [2.24, 2.45) is 0 Å². The fourth-order valence-corrected chi connectivity index (χ4v) is 5.25. The first-order valence-corrected chi connectivity index (χ1v) is 12.5. The van der Waals surface area contributed by atoms with Crippen LogP contribution in [0.15, 0.2) is 79.2 Å². The minimum absolute atomic E-state index is 0.173. The summed E-state index contributed by atoms with van der Waals surface area (Å²) in [4.78, 5) is 31.6. The van der Waals surface area contributed by atoms with E-state index in [1.54, 1.807) is 42.6 Å². The molecule has 0 unspecified atom stereocenters. The lowest BCUT2D eigenvalue weighted by Gasteiger charge is -2.21. The molecular weight excluding hydrogens is 494 g/mol. The van der Waals surface area contributed by atoms with E-state index in [4.69, 9.17) is 8.83 Å². The molecule has 194 valence electrons. The number of para-hydroxylation sites is 1. The first kappa shape index (κ1) is 24.4. The summed E-state index contributed by atoms with van der Waals surface area (Å²) in [5, 5.41) is 24.5. The summed E-state index contributed by atoms with van der Waals surface area (Å²) in [6.07, 6.45) is 1.56. The van der Waals surface area contributed by atoms with Crippen LogP contribution < -0.4 is 11.3 Å². The highest BCUT2D eigenvalue weighted by atomic mass is 16.4. The summed E-state index contributed by atoms with van der Waals surface area (Å²) in [5.41, 5.74) is 3.13. The molecule has 0 atom stereocenters. The molecular formula is C32H25NO6. The summed E-state index contributed by atoms with van der Waals surface area (Å²) in [6.45, 7) is 7.54. The van der Waals surface area contributed by atoms with Gasteiger partial charge < -0.3 is 19.0 Å². The number of fused-ring (bicyclic) bond motifs is 3. The maximum atomic E-state index is 13.6. The number of aryl methyl sites for hydroxylation is 4. The van der Waals surface area contributed by atoms with Crippen molar-refractivity contribution in [3.63, 3.8) is 0 Å². The van der Waals surface area contributed by atoms with Gasteiger partial charge in [-0.3, -0.25) is 4.98 Å². The van der Waals surface area contributed by atoms with Crippen molar-refractivity contribution in [1.29, 1.82) is 0 Å². The Morgan fingerprint density at radius 3 is 1.69 bits per heavy atom. The van der Waals surface area contributed by atoms with Crippen molar-refractivity contribution in [2.45, 2.75) is 33.6 Å². The fourth-order valence-electron chi connectivity index (χ4n) is 5.25. The molecule has 39 heavy (non-hydrogen) atoms. The molecule has 0 saturated heterocycles. The molecule has 0 aliphatic rings. The van der Waals surface area contributed by atoms with Crippen molar-refractivity contribution < 1.29 is 19.0 Å². The molecule has 2 N–H and O–H groups in total. The van der Waals surface area contributed by atoms with Crippen molar-refractivity contribution in [1.82, 2.24) is 4.98 Å². The molecule has 3 aromatic carbocycles. The zero-order chi connectivity index (χ0) is 27.6. The largest absolute Gasteiger partial charge is 0.507 e. The molecule has 0 spiro atoms. The number of aromatic nitrogens is 1. The van der Waals surface area contributed by atoms with Crippen LogP contribution in [-0.4, -0.2) is 15.2 Å². The Hall–Kier alpha value is -4.91. The number of aromatic hydroxyl groups is 2. The van der Waals surface area contributed by atoms with E-state index < -0.39 is 17.2 Å². The van der Waals surface area contributed by atoms with Crippen LogP contribution in [0.5, 0.6) is 11.5 Å². The molecule has 0 radical (unpaired) electrons. The number of nitrogens with zero attached hydrogens (tertiary/aromatic N) is 1. The standard InChI is InChI=1S/C32H25NO6/c1-15-11-21-24(13-17(15)3)38-31(36)27(29(21)34)26(20-9-10-33-23-8-6-5-7-19(20)23)28-30(35)22-12-16(2)18(4)14-25(22)39-32(28)37/h5-14,26,34-35H,1-4H3. The van der Waals surface area contributed by atoms with E-state index in [1.807, 2.05) is 45.9 Å². The van der Waals surface area contributed by atoms with Crippen LogP contribution in [0.2, 0.25) is 0 Å². The molecule has 3 heterocycles. The third-order valence-corrected chi connectivity index (χ3v) is 7.63. The Bertz CT molecular complexity index is 1970. The van der Waals surface area contributed by atoms with E-state index in [1.165, 1.54) is 0 Å². The number of hydrogen-bond donors (Lipinski definition) is 2. The van der Waals surface area contributed by atoms with Crippen LogP contribution in [0.3, 0.4) is 0 Å². The van der Waals surface area contributed by atoms with Crippen LogP contribution in [0.1, 0.15) is 44.9 Å². The minimum atomic E-state index is -1.22. The molecule has 0 amide bonds. The van der Waals surface area contributed by atoms with Crippen LogP contribution in [0.4, 0.5) is 0 Å². The average Bonchev–Trinajstić information content (AvgIpc) is 2.90. The monoisotopic (exact) mass is 519 g/mol. The van der Waals surface area contributed by atoms with Crippen molar-refractivity contribution in [3.05, 3.63) is 121 Å². The predicted molar refractivity (Wildman–Crippen MR) is 150 cm³/mol. The second kappa shape index (κ2) is 8.84. The van der Waals surface area contributed by atoms with Crippen LogP contribution in [0.25, 0.3) is 32.8 Å². The lowest BCUT2D eigenvalue weighted by Crippen LogP contribution is -2.21. The minimum Gasteiger partial charge on any atom is -0.507 e. The number of hydrogen-bond acceptors (Lipinski definition) is 7. The maximum Gasteiger partial charge on any atom is 0.344 e. The van der Waals surface area contributed by atoms with E-state index in [2.05, 4.69) is 4.98 Å². The molecule has 0 saturated carbocycles. The molecule has 3 aromatic heterocycles. The summed E-state index contributed by atoms with van der Waals surface area (Å²) >= 11 is 0. The Morgan fingerprint density at radius 1 is 0.667 bits per heavy atom. The average molecular weight is 520 g/mol. The van der Waals surface area contributed by atoms with Gasteiger partial charge in [0.1, 0.15) is 22.7 Å². The summed E-state index contributed by atoms with van der Waals surface area (Å²) in [5.74, 6) is -1.87. The van der Waals surface area contributed by atoms with Gasteiger partial charge in [0.15, 0.2) is 0 Å². The highest BCUT2D eigenvalue weighted by molar-refractivity contribution is 5.90. The molecule has 6 rings (SSSR count). The van der Waals surface area contributed by atoms with Crippen LogP contribution in [0, 0.1) is 27.7 Å². The first-order chi connectivity index (χ1) is 18.7. The van der Waals surface area contributed by atoms with Crippen molar-refractivity contribution >= 4 is 32.8 Å². The lowest BCUT2D eigenvalue weighted by molar-refractivity contribution is 0.441. The van der Waals surface area contributed by atoms with E-state index in [0.29, 0.717) is 27.2 Å². The fraction of sp³-hybridized carbons (Fsp3) is 0.156. The van der Waals surface area contributed by atoms with E-state index in [9.17, 15) is 19.8 Å². The Morgan fingerprint density at radius 2 is 1.15 bits per heavy atom. The first-order valence-electron chi connectivity index (χ1n) is 12.5. The van der Waals surface area contributed by atoms with Crippen LogP contribution in [-0.2, 0) is 0 Å². The zero-order valence-corrected chi connectivity index (χ0v) is 21.8. The van der Waals surface area contributed by atoms with Gasteiger partial charge in [-0.2, -0.15) is 0 Å². The smallest absolute Gasteiger partial charge is 0.344 e. The van der Waals surface area contributed by atoms with E-state index in [-0.39, 0.29) is 33.8 Å². The van der Waals surface area contributed by atoms with Crippen molar-refractivity contribution in [3.8, 4) is 11.5 Å². The van der Waals surface area contributed by atoms with Gasteiger partial charge >= 0.3 is 11.3 Å². The predicted octanol–water partition coefficient (Wildman–Crippen LogP) is 6.27. The van der Waals surface area contributed by atoms with Crippen molar-refractivity contribution in [2.75, 3.05) is 0 Å². The highest BCUT2D eigenvalue weighted by Crippen LogP contribution is 2.44. The SMILES string of the molecule is Cc1cc2oc(=O)c(C(c3c(O)c4cc(C)c(C)cc4oc3=O)c3ccnc4ccccc34)c(O)c2cc1C. The van der Waals surface area contributed by atoms with E-state index in [0.717, 1.165) is 22.3 Å². The Balaban J connectivity index is 1.79. The third kappa shape index (κ3) is 3.77. The molecule has 7 nitrogen and oxygen atoms in total. The summed E-state index contributed by atoms with van der Waals surface area (Å²) in [6, 6.07) is 15.8. The second-order valence-electron chi connectivity index (χ2n) is 10.0. The second-order valence-corrected chi connectivity index (χ2v) is 10.0. The highest BCUT2D eigenvalue weighted by Gasteiger charge is 2.33. The Kier molecular flexibility index (Phi) is 5.54. The van der Waals surface area contributed by atoms with Gasteiger partial charge in [-0.1, -0.05) is 18.2 Å². The quantitative estimate of drug-likeness (QED) is 0.265. The van der Waals surface area contributed by atoms with Crippen LogP contribution >= 0.6 is 0 Å². The molecule has 0 bridgehead atoms. The van der Waals surface area contributed by atoms with Gasteiger partial charge in [-0.15, -0.1) is 0 Å². The maximum absolute atomic E-state index is 13.6. The zero-order valence-electron chi connectivity index (χ0n) is 21.8. The lowest BCUT2D eigenvalue weighted by atomic mass is 9.83. The number of benzene rings is 3. The normalized spacial score (nSPS) is 11.7. The summed E-state index contributed by atoms with van der Waals surface area (Å²) in [7, 11) is 0.